The van der Waals surface area contributed by atoms with Crippen molar-refractivity contribution >= 4 is 48.6 Å². The molecule has 0 unspecified atom stereocenters. The number of nitrogens with one attached hydrogen (secondary N) is 2. The van der Waals surface area contributed by atoms with Crippen LogP contribution in [0.2, 0.25) is 0 Å². The van der Waals surface area contributed by atoms with Gasteiger partial charge in [0.2, 0.25) is 0 Å². The zero-order chi connectivity index (χ0) is 24.4. The van der Waals surface area contributed by atoms with Gasteiger partial charge >= 0.3 is 0 Å². The van der Waals surface area contributed by atoms with Crippen LogP contribution < -0.4 is 10.6 Å². The number of nitrogens with zero attached hydrogens (tertiary/aromatic N) is 5. The van der Waals surface area contributed by atoms with E-state index in [1.54, 1.807) is 12.4 Å². The maximum atomic E-state index is 11.4. The molecule has 4 aromatic rings. The molecule has 0 aliphatic heterocycles. The highest BCUT2D eigenvalue weighted by molar-refractivity contribution is 7.86. The summed E-state index contributed by atoms with van der Waals surface area (Å²) < 4.78 is 30.1. The summed E-state index contributed by atoms with van der Waals surface area (Å²) in [4.78, 5) is 19.0. The Hall–Kier alpha value is -3.09. The van der Waals surface area contributed by atoms with Gasteiger partial charge in [-0.15, -0.1) is 0 Å². The fraction of sp³-hybridized carbons (Fsp3) is 0.391. The zero-order valence-electron chi connectivity index (χ0n) is 19.5. The van der Waals surface area contributed by atoms with Crippen molar-refractivity contribution in [3.8, 4) is 0 Å². The van der Waals surface area contributed by atoms with Crippen molar-refractivity contribution in [2.75, 3.05) is 16.9 Å². The van der Waals surface area contributed by atoms with E-state index in [0.717, 1.165) is 51.8 Å². The molecule has 1 aliphatic carbocycles. The number of imidazole rings is 1. The molecule has 1 aliphatic rings. The van der Waals surface area contributed by atoms with Crippen LogP contribution in [-0.4, -0.2) is 51.3 Å². The molecule has 0 radical (unpaired) electrons. The number of fused-ring (bicyclic) bond motifs is 1. The maximum absolute atomic E-state index is 11.4. The van der Waals surface area contributed by atoms with Gasteiger partial charge in [0.25, 0.3) is 10.1 Å². The number of aryl methyl sites for hydroxylation is 1. The number of hydrogen-bond acceptors (Lipinski definition) is 10. The van der Waals surface area contributed by atoms with Gasteiger partial charge in [0.15, 0.2) is 5.13 Å². The molecule has 0 aromatic carbocycles. The van der Waals surface area contributed by atoms with E-state index < -0.39 is 10.1 Å². The van der Waals surface area contributed by atoms with E-state index in [-0.39, 0.29) is 12.1 Å². The highest BCUT2D eigenvalue weighted by atomic mass is 32.2. The summed E-state index contributed by atoms with van der Waals surface area (Å²) in [5, 5.41) is 7.61. The fourth-order valence-electron chi connectivity index (χ4n) is 4.28. The van der Waals surface area contributed by atoms with Crippen molar-refractivity contribution in [1.82, 2.24) is 24.5 Å². The van der Waals surface area contributed by atoms with Gasteiger partial charge in [0, 0.05) is 31.2 Å². The highest BCUT2D eigenvalue weighted by Gasteiger charge is 2.25. The number of rotatable bonds is 8. The Balaban J connectivity index is 1.35. The Labute approximate surface area is 207 Å². The highest BCUT2D eigenvalue weighted by Crippen LogP contribution is 2.29. The standard InChI is InChI=1S/C23H27N7O3S2/c1-15-24-10-11-30(15)14-16-12-20(26-17-5-7-18(8-6-17)33-35(2,31)32)28-21(13-16)29-23-27-19-4-3-9-25-22(19)34-23/h3-4,9-13,17-18H,5-8,14H2,1-2H3,(H2,26,27,28,29). The van der Waals surface area contributed by atoms with E-state index in [1.807, 2.05) is 37.4 Å². The molecule has 1 saturated carbocycles. The summed E-state index contributed by atoms with van der Waals surface area (Å²) in [5.74, 6) is 2.39. The van der Waals surface area contributed by atoms with Crippen LogP contribution >= 0.6 is 11.3 Å². The summed E-state index contributed by atoms with van der Waals surface area (Å²) in [6.07, 6.45) is 9.33. The molecule has 4 aromatic heterocycles. The second-order valence-electron chi connectivity index (χ2n) is 8.74. The monoisotopic (exact) mass is 513 g/mol. The van der Waals surface area contributed by atoms with Gasteiger partial charge in [-0.25, -0.2) is 19.9 Å². The second kappa shape index (κ2) is 9.88. The predicted molar refractivity (Wildman–Crippen MR) is 137 cm³/mol. The van der Waals surface area contributed by atoms with Crippen LogP contribution in [0.1, 0.15) is 37.1 Å². The quantitative estimate of drug-likeness (QED) is 0.335. The molecule has 0 amide bonds. The predicted octanol–water partition coefficient (Wildman–Crippen LogP) is 4.08. The molecular weight excluding hydrogens is 486 g/mol. The molecule has 2 N–H and O–H groups in total. The minimum absolute atomic E-state index is 0.187. The van der Waals surface area contributed by atoms with Crippen molar-refractivity contribution in [2.24, 2.45) is 0 Å². The lowest BCUT2D eigenvalue weighted by molar-refractivity contribution is 0.158. The molecule has 0 bridgehead atoms. The SMILES string of the molecule is Cc1nccn1Cc1cc(Nc2nc3cccnc3s2)nc(NC2CCC(OS(C)(=O)=O)CC2)c1. The van der Waals surface area contributed by atoms with Crippen LogP contribution in [0.15, 0.2) is 42.9 Å². The molecular formula is C23H27N7O3S2. The summed E-state index contributed by atoms with van der Waals surface area (Å²) in [6.45, 7) is 2.64. The lowest BCUT2D eigenvalue weighted by Crippen LogP contribution is -2.31. The third-order valence-electron chi connectivity index (χ3n) is 5.90. The largest absolute Gasteiger partial charge is 0.367 e. The number of anilines is 3. The summed E-state index contributed by atoms with van der Waals surface area (Å²) in [5.41, 5.74) is 1.91. The van der Waals surface area contributed by atoms with Crippen LogP contribution in [0.4, 0.5) is 16.8 Å². The van der Waals surface area contributed by atoms with Gasteiger partial charge in [0.1, 0.15) is 27.8 Å². The third kappa shape index (κ3) is 6.13. The molecule has 5 rings (SSSR count). The molecule has 12 heteroatoms. The fourth-order valence-corrected chi connectivity index (χ4v) is 5.78. The van der Waals surface area contributed by atoms with Crippen LogP contribution in [0, 0.1) is 6.92 Å². The topological polar surface area (TPSA) is 124 Å². The Morgan fingerprint density at radius 3 is 2.63 bits per heavy atom. The van der Waals surface area contributed by atoms with Gasteiger partial charge in [-0.1, -0.05) is 11.3 Å². The minimum atomic E-state index is -3.44. The first-order valence-electron chi connectivity index (χ1n) is 11.4. The first-order chi connectivity index (χ1) is 16.8. The van der Waals surface area contributed by atoms with Crippen molar-refractivity contribution in [3.05, 3.63) is 54.2 Å². The summed E-state index contributed by atoms with van der Waals surface area (Å²) >= 11 is 1.48. The molecule has 0 saturated heterocycles. The van der Waals surface area contributed by atoms with Crippen LogP contribution in [-0.2, 0) is 20.8 Å². The van der Waals surface area contributed by atoms with E-state index >= 15 is 0 Å². The Morgan fingerprint density at radius 2 is 1.91 bits per heavy atom. The third-order valence-corrected chi connectivity index (χ3v) is 7.42. The van der Waals surface area contributed by atoms with E-state index in [2.05, 4.69) is 30.2 Å². The van der Waals surface area contributed by atoms with E-state index in [0.29, 0.717) is 25.2 Å². The van der Waals surface area contributed by atoms with Crippen molar-refractivity contribution in [1.29, 1.82) is 0 Å². The van der Waals surface area contributed by atoms with Gasteiger partial charge in [0.05, 0.1) is 12.4 Å². The second-order valence-corrected chi connectivity index (χ2v) is 11.3. The van der Waals surface area contributed by atoms with E-state index in [9.17, 15) is 8.42 Å². The Morgan fingerprint density at radius 1 is 1.11 bits per heavy atom. The van der Waals surface area contributed by atoms with Gasteiger partial charge in [-0.2, -0.15) is 8.42 Å². The lowest BCUT2D eigenvalue weighted by Gasteiger charge is -2.28. The molecule has 1 fully saturated rings. The minimum Gasteiger partial charge on any atom is -0.367 e. The number of pyridine rings is 2. The molecule has 0 spiro atoms. The Bertz CT molecular complexity index is 1390. The van der Waals surface area contributed by atoms with Gasteiger partial charge in [-0.3, -0.25) is 4.18 Å². The lowest BCUT2D eigenvalue weighted by atomic mass is 9.93. The van der Waals surface area contributed by atoms with E-state index in [1.165, 1.54) is 11.3 Å². The van der Waals surface area contributed by atoms with Crippen LogP contribution in [0.3, 0.4) is 0 Å². The maximum Gasteiger partial charge on any atom is 0.264 e. The van der Waals surface area contributed by atoms with Crippen molar-refractivity contribution in [2.45, 2.75) is 51.3 Å². The average Bonchev–Trinajstić information content (AvgIpc) is 3.39. The zero-order valence-corrected chi connectivity index (χ0v) is 21.1. The van der Waals surface area contributed by atoms with Crippen LogP contribution in [0.5, 0.6) is 0 Å². The molecule has 10 nitrogen and oxygen atoms in total. The number of thiazole rings is 1. The van der Waals surface area contributed by atoms with Crippen molar-refractivity contribution in [3.63, 3.8) is 0 Å². The normalized spacial score (nSPS) is 18.6. The Kier molecular flexibility index (Phi) is 6.67. The smallest absolute Gasteiger partial charge is 0.264 e. The first kappa shape index (κ1) is 23.6. The molecule has 0 atom stereocenters. The first-order valence-corrected chi connectivity index (χ1v) is 14.1. The summed E-state index contributed by atoms with van der Waals surface area (Å²) in [6, 6.07) is 8.05. The molecule has 4 heterocycles. The van der Waals surface area contributed by atoms with Crippen LogP contribution in [0.25, 0.3) is 10.3 Å². The molecule has 35 heavy (non-hydrogen) atoms. The number of hydrogen-bond donors (Lipinski definition) is 2. The average molecular weight is 514 g/mol. The van der Waals surface area contributed by atoms with Crippen molar-refractivity contribution < 1.29 is 12.6 Å². The number of aromatic nitrogens is 5. The van der Waals surface area contributed by atoms with Gasteiger partial charge < -0.3 is 15.2 Å². The molecule has 184 valence electrons. The summed E-state index contributed by atoms with van der Waals surface area (Å²) in [7, 11) is -3.44. The van der Waals surface area contributed by atoms with E-state index in [4.69, 9.17) is 9.17 Å². The van der Waals surface area contributed by atoms with Gasteiger partial charge in [-0.05, 0) is 62.4 Å².